The van der Waals surface area contributed by atoms with E-state index in [1.165, 1.54) is 33.2 Å². The van der Waals surface area contributed by atoms with Crippen molar-refractivity contribution in [2.24, 2.45) is 0 Å². The Kier molecular flexibility index (Phi) is 3.58. The quantitative estimate of drug-likeness (QED) is 0.571. The number of benzene rings is 2. The highest BCUT2D eigenvalue weighted by Gasteiger charge is 2.24. The molecule has 1 nitrogen and oxygen atoms in total. The Bertz CT molecular complexity index is 911. The van der Waals surface area contributed by atoms with Crippen LogP contribution in [0.2, 0.25) is 19.6 Å². The van der Waals surface area contributed by atoms with E-state index in [-0.39, 0.29) is 0 Å². The van der Waals surface area contributed by atoms with Crippen molar-refractivity contribution in [3.8, 4) is 11.1 Å². The maximum Gasteiger partial charge on any atom is 0.129 e. The Morgan fingerprint density at radius 3 is 2.33 bits per heavy atom. The molecule has 3 aromatic rings. The maximum absolute atomic E-state index is 6.20. The molecule has 0 fully saturated rings. The lowest BCUT2D eigenvalue weighted by molar-refractivity contribution is 0.581. The highest BCUT2D eigenvalue weighted by molar-refractivity contribution is 6.87. The normalized spacial score (nSPS) is 13.7. The number of rotatable bonds is 3. The van der Waals surface area contributed by atoms with Crippen LogP contribution < -0.4 is 5.38 Å². The van der Waals surface area contributed by atoms with E-state index in [1.54, 1.807) is 0 Å². The Balaban J connectivity index is 1.75. The Morgan fingerprint density at radius 1 is 0.833 bits per heavy atom. The molecule has 0 atom stereocenters. The summed E-state index contributed by atoms with van der Waals surface area (Å²) in [4.78, 5) is 0. The van der Waals surface area contributed by atoms with Gasteiger partial charge in [-0.25, -0.2) is 0 Å². The summed E-state index contributed by atoms with van der Waals surface area (Å²) in [7, 11) is -1.40. The van der Waals surface area contributed by atoms with Crippen molar-refractivity contribution in [3.05, 3.63) is 77.6 Å². The SMILES string of the molecule is C[Si](C)(C)c1ccc(C2=Cc3c(cccc3-c3ccccc3)C2)o1. The van der Waals surface area contributed by atoms with E-state index in [4.69, 9.17) is 4.42 Å². The molecule has 0 bridgehead atoms. The van der Waals surface area contributed by atoms with Crippen LogP contribution in [0.25, 0.3) is 22.8 Å². The predicted molar refractivity (Wildman–Crippen MR) is 105 cm³/mol. The van der Waals surface area contributed by atoms with Crippen LogP contribution in [-0.4, -0.2) is 8.07 Å². The van der Waals surface area contributed by atoms with Gasteiger partial charge in [-0.1, -0.05) is 68.2 Å². The lowest BCUT2D eigenvalue weighted by Gasteiger charge is -2.11. The van der Waals surface area contributed by atoms with E-state index in [1.807, 2.05) is 0 Å². The predicted octanol–water partition coefficient (Wildman–Crippen LogP) is 5.59. The van der Waals surface area contributed by atoms with Gasteiger partial charge < -0.3 is 4.42 Å². The molecule has 0 N–H and O–H groups in total. The van der Waals surface area contributed by atoms with Gasteiger partial charge in [0, 0.05) is 6.42 Å². The van der Waals surface area contributed by atoms with Gasteiger partial charge in [0.15, 0.2) is 0 Å². The van der Waals surface area contributed by atoms with E-state index >= 15 is 0 Å². The Labute approximate surface area is 144 Å². The monoisotopic (exact) mass is 330 g/mol. The third-order valence-corrected chi connectivity index (χ3v) is 6.39. The van der Waals surface area contributed by atoms with Crippen molar-refractivity contribution >= 4 is 25.1 Å². The molecule has 0 spiro atoms. The zero-order valence-corrected chi connectivity index (χ0v) is 15.5. The second-order valence-electron chi connectivity index (χ2n) is 7.50. The molecule has 0 unspecified atom stereocenters. The minimum absolute atomic E-state index is 0.953. The van der Waals surface area contributed by atoms with Crippen LogP contribution >= 0.6 is 0 Å². The summed E-state index contributed by atoms with van der Waals surface area (Å²) in [5.41, 5.74) is 6.59. The van der Waals surface area contributed by atoms with Gasteiger partial charge in [0.05, 0.1) is 5.38 Å². The first-order valence-corrected chi connectivity index (χ1v) is 12.0. The van der Waals surface area contributed by atoms with Crippen LogP contribution in [0.5, 0.6) is 0 Å². The van der Waals surface area contributed by atoms with E-state index in [0.29, 0.717) is 0 Å². The fraction of sp³-hybridized carbons (Fsp3) is 0.182. The maximum atomic E-state index is 6.20. The number of furan rings is 1. The molecule has 0 aliphatic heterocycles. The van der Waals surface area contributed by atoms with Crippen LogP contribution in [0.3, 0.4) is 0 Å². The van der Waals surface area contributed by atoms with E-state index in [9.17, 15) is 0 Å². The van der Waals surface area contributed by atoms with Gasteiger partial charge in [0.25, 0.3) is 0 Å². The van der Waals surface area contributed by atoms with Crippen molar-refractivity contribution < 1.29 is 4.42 Å². The van der Waals surface area contributed by atoms with Crippen LogP contribution in [0.1, 0.15) is 16.9 Å². The van der Waals surface area contributed by atoms with Gasteiger partial charge in [0.1, 0.15) is 13.8 Å². The second-order valence-corrected chi connectivity index (χ2v) is 12.5. The van der Waals surface area contributed by atoms with Gasteiger partial charge in [-0.15, -0.1) is 0 Å². The van der Waals surface area contributed by atoms with Crippen molar-refractivity contribution in [3.63, 3.8) is 0 Å². The van der Waals surface area contributed by atoms with Gasteiger partial charge >= 0.3 is 0 Å². The molecule has 1 heterocycles. The minimum atomic E-state index is -1.40. The third kappa shape index (κ3) is 2.67. The third-order valence-electron chi connectivity index (χ3n) is 4.64. The highest BCUT2D eigenvalue weighted by Crippen LogP contribution is 2.37. The fourth-order valence-electron chi connectivity index (χ4n) is 3.31. The second kappa shape index (κ2) is 5.64. The van der Waals surface area contributed by atoms with Crippen LogP contribution in [0.15, 0.2) is 65.1 Å². The molecule has 2 aromatic carbocycles. The van der Waals surface area contributed by atoms with E-state index in [2.05, 4.69) is 86.4 Å². The van der Waals surface area contributed by atoms with Crippen molar-refractivity contribution in [2.45, 2.75) is 26.1 Å². The highest BCUT2D eigenvalue weighted by atomic mass is 28.3. The minimum Gasteiger partial charge on any atom is -0.467 e. The number of allylic oxidation sites excluding steroid dienone is 1. The average Bonchev–Trinajstić information content (AvgIpc) is 3.21. The summed E-state index contributed by atoms with van der Waals surface area (Å²) in [5, 5.41) is 1.18. The van der Waals surface area contributed by atoms with Gasteiger partial charge in [-0.3, -0.25) is 0 Å². The first kappa shape index (κ1) is 15.2. The number of fused-ring (bicyclic) bond motifs is 1. The van der Waals surface area contributed by atoms with Crippen molar-refractivity contribution in [2.75, 3.05) is 0 Å². The fourth-order valence-corrected chi connectivity index (χ4v) is 4.31. The summed E-state index contributed by atoms with van der Waals surface area (Å²) in [6, 6.07) is 21.5. The molecule has 1 aliphatic rings. The van der Waals surface area contributed by atoms with Crippen LogP contribution in [0.4, 0.5) is 0 Å². The summed E-state index contributed by atoms with van der Waals surface area (Å²) in [5.74, 6) is 1.03. The Hall–Kier alpha value is -2.32. The molecule has 24 heavy (non-hydrogen) atoms. The average molecular weight is 331 g/mol. The smallest absolute Gasteiger partial charge is 0.129 e. The molecule has 1 aliphatic carbocycles. The molecule has 2 heteroatoms. The topological polar surface area (TPSA) is 13.1 Å². The van der Waals surface area contributed by atoms with E-state index in [0.717, 1.165) is 12.2 Å². The first-order valence-electron chi connectivity index (χ1n) is 8.51. The van der Waals surface area contributed by atoms with Gasteiger partial charge in [-0.2, -0.15) is 0 Å². The number of hydrogen-bond acceptors (Lipinski definition) is 1. The van der Waals surface area contributed by atoms with Gasteiger partial charge in [0.2, 0.25) is 0 Å². The zero-order valence-electron chi connectivity index (χ0n) is 14.5. The molecular formula is C22H22OSi. The lowest BCUT2D eigenvalue weighted by Crippen LogP contribution is -2.36. The van der Waals surface area contributed by atoms with Crippen molar-refractivity contribution in [1.29, 1.82) is 0 Å². The summed E-state index contributed by atoms with van der Waals surface area (Å²) >= 11 is 0. The standard InChI is InChI=1S/C22H22OSi/c1-24(2,3)22-13-12-21(23-22)18-14-17-10-7-11-19(20(17)15-18)16-8-5-4-6-9-16/h4-13,15H,14H2,1-3H3. The first-order chi connectivity index (χ1) is 11.5. The number of hydrogen-bond donors (Lipinski definition) is 0. The molecule has 0 radical (unpaired) electrons. The lowest BCUT2D eigenvalue weighted by atomic mass is 9.97. The summed E-state index contributed by atoms with van der Waals surface area (Å²) < 4.78 is 6.20. The molecule has 4 rings (SSSR count). The van der Waals surface area contributed by atoms with Crippen LogP contribution in [0, 0.1) is 0 Å². The molecule has 1 aromatic heterocycles. The molecule has 0 amide bonds. The summed E-state index contributed by atoms with van der Waals surface area (Å²) in [6.07, 6.45) is 3.26. The van der Waals surface area contributed by atoms with Crippen molar-refractivity contribution in [1.82, 2.24) is 0 Å². The largest absolute Gasteiger partial charge is 0.467 e. The summed E-state index contributed by atoms with van der Waals surface area (Å²) in [6.45, 7) is 6.96. The Morgan fingerprint density at radius 2 is 1.62 bits per heavy atom. The molecular weight excluding hydrogens is 308 g/mol. The molecule has 120 valence electrons. The molecule has 0 saturated heterocycles. The van der Waals surface area contributed by atoms with E-state index < -0.39 is 8.07 Å². The van der Waals surface area contributed by atoms with Gasteiger partial charge in [-0.05, 0) is 46.0 Å². The van der Waals surface area contributed by atoms with Crippen LogP contribution in [-0.2, 0) is 6.42 Å². The zero-order chi connectivity index (χ0) is 16.7. The molecule has 0 saturated carbocycles.